The van der Waals surface area contributed by atoms with E-state index in [4.69, 9.17) is 4.74 Å². The summed E-state index contributed by atoms with van der Waals surface area (Å²) < 4.78 is 6.01. The summed E-state index contributed by atoms with van der Waals surface area (Å²) in [6.07, 6.45) is 1.95. The smallest absolute Gasteiger partial charge is 0.272 e. The van der Waals surface area contributed by atoms with Crippen molar-refractivity contribution in [3.8, 4) is 5.75 Å². The second-order valence-corrected chi connectivity index (χ2v) is 6.59. The van der Waals surface area contributed by atoms with E-state index in [2.05, 4.69) is 27.8 Å². The van der Waals surface area contributed by atoms with E-state index < -0.39 is 0 Å². The Bertz CT molecular complexity index is 754. The molecule has 1 aliphatic heterocycles. The van der Waals surface area contributed by atoms with Crippen LogP contribution < -0.4 is 15.4 Å². The number of hydrogen-bond acceptors (Lipinski definition) is 4. The van der Waals surface area contributed by atoms with Gasteiger partial charge in [0.2, 0.25) is 0 Å². The van der Waals surface area contributed by atoms with Crippen molar-refractivity contribution in [1.82, 2.24) is 20.8 Å². The lowest BCUT2D eigenvalue weighted by molar-refractivity contribution is 0.0944. The number of nitrogens with zero attached hydrogens (tertiary/aromatic N) is 1. The van der Waals surface area contributed by atoms with Gasteiger partial charge in [-0.2, -0.15) is 5.10 Å². The van der Waals surface area contributed by atoms with Crippen molar-refractivity contribution in [2.45, 2.75) is 52.8 Å². The van der Waals surface area contributed by atoms with Gasteiger partial charge >= 0.3 is 0 Å². The predicted molar refractivity (Wildman–Crippen MR) is 96.7 cm³/mol. The molecule has 0 bridgehead atoms. The third-order valence-electron chi connectivity index (χ3n) is 4.59. The first-order valence-corrected chi connectivity index (χ1v) is 8.89. The first kappa shape index (κ1) is 17.5. The fourth-order valence-corrected chi connectivity index (χ4v) is 2.89. The number of amides is 1. The molecule has 0 fully saturated rings. The highest BCUT2D eigenvalue weighted by Gasteiger charge is 2.21. The van der Waals surface area contributed by atoms with Crippen LogP contribution in [-0.4, -0.2) is 28.8 Å². The van der Waals surface area contributed by atoms with Gasteiger partial charge in [0.1, 0.15) is 5.75 Å². The number of aromatic nitrogens is 2. The zero-order chi connectivity index (χ0) is 17.8. The average Bonchev–Trinajstić information content (AvgIpc) is 3.05. The Morgan fingerprint density at radius 1 is 1.44 bits per heavy atom. The molecule has 0 saturated heterocycles. The molecule has 0 aliphatic carbocycles. The SMILES string of the molecule is CCC(C)Oc1cc(C)ccc1CNC(=O)c1n[nH]c2c1CNCC2. The highest BCUT2D eigenvalue weighted by Crippen LogP contribution is 2.22. The lowest BCUT2D eigenvalue weighted by Gasteiger charge is -2.17. The third kappa shape index (κ3) is 4.02. The van der Waals surface area contributed by atoms with E-state index in [1.807, 2.05) is 32.0 Å². The number of rotatable bonds is 6. The zero-order valence-electron chi connectivity index (χ0n) is 15.1. The predicted octanol–water partition coefficient (Wildman–Crippen LogP) is 2.47. The van der Waals surface area contributed by atoms with E-state index in [0.717, 1.165) is 47.5 Å². The monoisotopic (exact) mass is 342 g/mol. The highest BCUT2D eigenvalue weighted by atomic mass is 16.5. The standard InChI is InChI=1S/C19H26N4O2/c1-4-13(3)25-17-9-12(2)5-6-14(17)10-21-19(24)18-15-11-20-8-7-16(15)22-23-18/h5-6,9,13,20H,4,7-8,10-11H2,1-3H3,(H,21,24)(H,22,23). The maximum Gasteiger partial charge on any atom is 0.272 e. The van der Waals surface area contributed by atoms with Crippen LogP contribution in [-0.2, 0) is 19.5 Å². The van der Waals surface area contributed by atoms with Crippen molar-refractivity contribution < 1.29 is 9.53 Å². The second-order valence-electron chi connectivity index (χ2n) is 6.59. The van der Waals surface area contributed by atoms with Gasteiger partial charge in [0.05, 0.1) is 6.10 Å². The first-order chi connectivity index (χ1) is 12.1. The fraction of sp³-hybridized carbons (Fsp3) is 0.474. The fourth-order valence-electron chi connectivity index (χ4n) is 2.89. The Labute approximate surface area is 148 Å². The van der Waals surface area contributed by atoms with E-state index in [9.17, 15) is 4.79 Å². The van der Waals surface area contributed by atoms with Crippen molar-refractivity contribution in [3.05, 3.63) is 46.3 Å². The normalized spacial score (nSPS) is 14.7. The average molecular weight is 342 g/mol. The Morgan fingerprint density at radius 3 is 3.08 bits per heavy atom. The Balaban J connectivity index is 1.71. The summed E-state index contributed by atoms with van der Waals surface area (Å²) in [5.74, 6) is 0.677. The van der Waals surface area contributed by atoms with Crippen molar-refractivity contribution >= 4 is 5.91 Å². The van der Waals surface area contributed by atoms with E-state index in [0.29, 0.717) is 18.8 Å². The summed E-state index contributed by atoms with van der Waals surface area (Å²) in [7, 11) is 0. The van der Waals surface area contributed by atoms with E-state index in [1.165, 1.54) is 0 Å². The van der Waals surface area contributed by atoms with Gasteiger partial charge in [-0.1, -0.05) is 19.1 Å². The number of carbonyl (C=O) groups is 1. The number of fused-ring (bicyclic) bond motifs is 1. The number of carbonyl (C=O) groups excluding carboxylic acids is 1. The van der Waals surface area contributed by atoms with Crippen molar-refractivity contribution in [3.63, 3.8) is 0 Å². The molecule has 1 aromatic heterocycles. The number of nitrogens with one attached hydrogen (secondary N) is 3. The highest BCUT2D eigenvalue weighted by molar-refractivity contribution is 5.94. The molecular formula is C19H26N4O2. The van der Waals surface area contributed by atoms with Gasteiger partial charge in [-0.25, -0.2) is 0 Å². The van der Waals surface area contributed by atoms with Crippen LogP contribution in [0.3, 0.4) is 0 Å². The summed E-state index contributed by atoms with van der Waals surface area (Å²) in [6, 6.07) is 6.06. The minimum absolute atomic E-state index is 0.140. The minimum Gasteiger partial charge on any atom is -0.490 e. The van der Waals surface area contributed by atoms with Gasteiger partial charge in [-0.15, -0.1) is 0 Å². The van der Waals surface area contributed by atoms with E-state index in [1.54, 1.807) is 0 Å². The summed E-state index contributed by atoms with van der Waals surface area (Å²) in [6.45, 7) is 8.19. The quantitative estimate of drug-likeness (QED) is 0.753. The molecule has 1 amide bonds. The molecule has 1 atom stereocenters. The Morgan fingerprint density at radius 2 is 2.28 bits per heavy atom. The van der Waals surface area contributed by atoms with Gasteiger partial charge in [0.25, 0.3) is 5.91 Å². The molecule has 1 aliphatic rings. The third-order valence-corrected chi connectivity index (χ3v) is 4.59. The van der Waals surface area contributed by atoms with Crippen LogP contribution in [0.4, 0.5) is 0 Å². The number of H-pyrrole nitrogens is 1. The van der Waals surface area contributed by atoms with Crippen molar-refractivity contribution in [1.29, 1.82) is 0 Å². The van der Waals surface area contributed by atoms with Crippen LogP contribution in [0.15, 0.2) is 18.2 Å². The molecule has 0 saturated carbocycles. The van der Waals surface area contributed by atoms with E-state index >= 15 is 0 Å². The number of ether oxygens (including phenoxy) is 1. The Kier molecular flexibility index (Phi) is 5.38. The van der Waals surface area contributed by atoms with Crippen LogP contribution in [0.5, 0.6) is 5.75 Å². The lowest BCUT2D eigenvalue weighted by atomic mass is 10.1. The van der Waals surface area contributed by atoms with Crippen LogP contribution in [0.1, 0.15) is 53.1 Å². The summed E-state index contributed by atoms with van der Waals surface area (Å²) in [5.41, 5.74) is 4.63. The number of hydrogen-bond donors (Lipinski definition) is 3. The molecule has 6 nitrogen and oxygen atoms in total. The Hall–Kier alpha value is -2.34. The van der Waals surface area contributed by atoms with Crippen LogP contribution in [0.2, 0.25) is 0 Å². The first-order valence-electron chi connectivity index (χ1n) is 8.89. The van der Waals surface area contributed by atoms with Crippen LogP contribution in [0, 0.1) is 6.92 Å². The minimum atomic E-state index is -0.156. The van der Waals surface area contributed by atoms with E-state index in [-0.39, 0.29) is 12.0 Å². The summed E-state index contributed by atoms with van der Waals surface area (Å²) in [4.78, 5) is 12.5. The van der Waals surface area contributed by atoms with Crippen molar-refractivity contribution in [2.24, 2.45) is 0 Å². The molecule has 25 heavy (non-hydrogen) atoms. The molecular weight excluding hydrogens is 316 g/mol. The number of benzene rings is 1. The maximum absolute atomic E-state index is 12.5. The largest absolute Gasteiger partial charge is 0.490 e. The molecule has 3 N–H and O–H groups in total. The van der Waals surface area contributed by atoms with Gasteiger partial charge in [-0.05, 0) is 31.9 Å². The number of aromatic amines is 1. The maximum atomic E-state index is 12.5. The van der Waals surface area contributed by atoms with Crippen LogP contribution in [0.25, 0.3) is 0 Å². The molecule has 3 rings (SSSR count). The molecule has 2 aromatic rings. The molecule has 0 spiro atoms. The summed E-state index contributed by atoms with van der Waals surface area (Å²) >= 11 is 0. The number of aryl methyl sites for hydroxylation is 1. The van der Waals surface area contributed by atoms with Crippen molar-refractivity contribution in [2.75, 3.05) is 6.54 Å². The lowest BCUT2D eigenvalue weighted by Crippen LogP contribution is -2.28. The second kappa shape index (κ2) is 7.70. The molecule has 1 unspecified atom stereocenters. The van der Waals surface area contributed by atoms with Gasteiger partial charge in [0, 0.05) is 42.9 Å². The molecule has 0 radical (unpaired) electrons. The molecule has 6 heteroatoms. The van der Waals surface area contributed by atoms with Crippen LogP contribution >= 0.6 is 0 Å². The molecule has 1 aromatic carbocycles. The van der Waals surface area contributed by atoms with Gasteiger partial charge in [0.15, 0.2) is 5.69 Å². The topological polar surface area (TPSA) is 79.0 Å². The van der Waals surface area contributed by atoms with Gasteiger partial charge < -0.3 is 15.4 Å². The zero-order valence-corrected chi connectivity index (χ0v) is 15.1. The molecule has 134 valence electrons. The van der Waals surface area contributed by atoms with Gasteiger partial charge in [-0.3, -0.25) is 9.89 Å². The summed E-state index contributed by atoms with van der Waals surface area (Å²) in [5, 5.41) is 13.4. The molecule has 2 heterocycles.